The second kappa shape index (κ2) is 12.5. The van der Waals surface area contributed by atoms with Crippen molar-refractivity contribution in [3.8, 4) is 18.1 Å². The summed E-state index contributed by atoms with van der Waals surface area (Å²) in [6.45, 7) is 7.86. The van der Waals surface area contributed by atoms with Crippen LogP contribution in [0.4, 0.5) is 17.2 Å². The van der Waals surface area contributed by atoms with Gasteiger partial charge in [0.1, 0.15) is 24.0 Å². The van der Waals surface area contributed by atoms with Crippen LogP contribution in [-0.4, -0.2) is 59.7 Å². The summed E-state index contributed by atoms with van der Waals surface area (Å²) in [6.07, 6.45) is 11.1. The molecule has 0 radical (unpaired) electrons. The summed E-state index contributed by atoms with van der Waals surface area (Å²) in [4.78, 5) is 23.9. The maximum atomic E-state index is 12.8. The van der Waals surface area contributed by atoms with E-state index in [1.54, 1.807) is 18.2 Å². The van der Waals surface area contributed by atoms with Crippen LogP contribution in [0.1, 0.15) is 25.8 Å². The van der Waals surface area contributed by atoms with Crippen LogP contribution in [0.5, 0.6) is 5.75 Å². The Labute approximate surface area is 222 Å². The number of aromatic nitrogens is 2. The lowest BCUT2D eigenvalue weighted by atomic mass is 10.1. The summed E-state index contributed by atoms with van der Waals surface area (Å²) in [6, 6.07) is 8.95. The normalized spacial score (nSPS) is 15.3. The molecule has 192 valence electrons. The summed E-state index contributed by atoms with van der Waals surface area (Å²) in [7, 11) is 0. The highest BCUT2D eigenvalue weighted by Crippen LogP contribution is 2.35. The minimum Gasteiger partial charge on any atom is -0.486 e. The van der Waals surface area contributed by atoms with E-state index in [0.717, 1.165) is 25.2 Å². The molecule has 0 saturated carbocycles. The summed E-state index contributed by atoms with van der Waals surface area (Å²) in [5, 5.41) is 7.45. The van der Waals surface area contributed by atoms with Gasteiger partial charge in [0, 0.05) is 41.7 Å². The molecule has 1 amide bonds. The third-order valence-electron chi connectivity index (χ3n) is 6.09. The second-order valence-electron chi connectivity index (χ2n) is 8.53. The van der Waals surface area contributed by atoms with E-state index in [9.17, 15) is 4.79 Å². The number of anilines is 3. The zero-order valence-electron chi connectivity index (χ0n) is 21.0. The van der Waals surface area contributed by atoms with Crippen molar-refractivity contribution in [1.82, 2.24) is 14.9 Å². The standard InChI is InChI=1S/C28H30ClN5O3/c1-4-19-14-20(9-10-23(19)29)32-28-22-15-25(33-27(35)8-7-12-34(5-2)6-3)26(16-24(22)30-18-31-28)37-21-11-13-36-17-21/h1,7-10,14-16,18,21H,5-6,11-13,17H2,2-3H3,(H,33,35)(H,30,31,32)/t21-/m0/s1. The molecule has 2 N–H and O–H groups in total. The predicted molar refractivity (Wildman–Crippen MR) is 148 cm³/mol. The Morgan fingerprint density at radius 1 is 1.30 bits per heavy atom. The van der Waals surface area contributed by atoms with Crippen LogP contribution in [0, 0.1) is 12.3 Å². The van der Waals surface area contributed by atoms with E-state index >= 15 is 0 Å². The molecule has 2 aromatic carbocycles. The van der Waals surface area contributed by atoms with Crippen LogP contribution >= 0.6 is 11.6 Å². The molecule has 1 aliphatic heterocycles. The van der Waals surface area contributed by atoms with E-state index in [0.29, 0.717) is 58.5 Å². The molecule has 1 aromatic heterocycles. The van der Waals surface area contributed by atoms with Crippen LogP contribution in [0.15, 0.2) is 48.8 Å². The minimum absolute atomic E-state index is 0.0954. The van der Waals surface area contributed by atoms with Crippen LogP contribution in [0.2, 0.25) is 5.02 Å². The number of ether oxygens (including phenoxy) is 2. The monoisotopic (exact) mass is 519 g/mol. The Hall–Kier alpha value is -3.64. The first-order valence-corrected chi connectivity index (χ1v) is 12.6. The molecular formula is C28H30ClN5O3. The maximum absolute atomic E-state index is 12.8. The van der Waals surface area contributed by atoms with E-state index in [2.05, 4.69) is 45.3 Å². The quantitative estimate of drug-likeness (QED) is 0.287. The van der Waals surface area contributed by atoms with Crippen molar-refractivity contribution >= 4 is 45.6 Å². The number of hydrogen-bond donors (Lipinski definition) is 2. The fourth-order valence-corrected chi connectivity index (χ4v) is 4.15. The Bertz CT molecular complexity index is 1330. The summed E-state index contributed by atoms with van der Waals surface area (Å²) >= 11 is 6.15. The van der Waals surface area contributed by atoms with Crippen LogP contribution in [-0.2, 0) is 9.53 Å². The molecule has 0 spiro atoms. The highest BCUT2D eigenvalue weighted by atomic mass is 35.5. The van der Waals surface area contributed by atoms with Gasteiger partial charge in [-0.15, -0.1) is 6.42 Å². The van der Waals surface area contributed by atoms with E-state index in [1.165, 1.54) is 6.33 Å². The number of carbonyl (C=O) groups excluding carboxylic acids is 1. The lowest BCUT2D eigenvalue weighted by molar-refractivity contribution is -0.111. The van der Waals surface area contributed by atoms with Gasteiger partial charge in [0.25, 0.3) is 0 Å². The van der Waals surface area contributed by atoms with Crippen molar-refractivity contribution in [3.05, 3.63) is 59.4 Å². The molecule has 3 aromatic rings. The third kappa shape index (κ3) is 6.77. The van der Waals surface area contributed by atoms with Crippen molar-refractivity contribution in [2.75, 3.05) is 43.5 Å². The number of terminal acetylenes is 1. The molecule has 2 heterocycles. The smallest absolute Gasteiger partial charge is 0.248 e. The zero-order chi connectivity index (χ0) is 26.2. The largest absolute Gasteiger partial charge is 0.486 e. The summed E-state index contributed by atoms with van der Waals surface area (Å²) in [5.41, 5.74) is 2.48. The highest BCUT2D eigenvalue weighted by Gasteiger charge is 2.21. The van der Waals surface area contributed by atoms with Crippen molar-refractivity contribution in [2.24, 2.45) is 0 Å². The number of carbonyl (C=O) groups is 1. The molecule has 37 heavy (non-hydrogen) atoms. The first-order valence-electron chi connectivity index (χ1n) is 12.3. The van der Waals surface area contributed by atoms with Gasteiger partial charge in [0.15, 0.2) is 0 Å². The fourth-order valence-electron chi connectivity index (χ4n) is 3.98. The van der Waals surface area contributed by atoms with Crippen molar-refractivity contribution in [3.63, 3.8) is 0 Å². The number of fused-ring (bicyclic) bond motifs is 1. The van der Waals surface area contributed by atoms with Crippen LogP contribution < -0.4 is 15.4 Å². The van der Waals surface area contributed by atoms with Crippen LogP contribution in [0.25, 0.3) is 10.9 Å². The van der Waals surface area contributed by atoms with Gasteiger partial charge in [-0.3, -0.25) is 4.79 Å². The first kappa shape index (κ1) is 26.4. The number of hydrogen-bond acceptors (Lipinski definition) is 7. The number of amides is 1. The van der Waals surface area contributed by atoms with Gasteiger partial charge in [0.05, 0.1) is 29.4 Å². The fraction of sp³-hybridized carbons (Fsp3) is 0.321. The molecule has 1 aliphatic rings. The average molecular weight is 520 g/mol. The third-order valence-corrected chi connectivity index (χ3v) is 6.42. The van der Waals surface area contributed by atoms with Crippen molar-refractivity contribution < 1.29 is 14.3 Å². The molecule has 1 atom stereocenters. The molecular weight excluding hydrogens is 490 g/mol. The maximum Gasteiger partial charge on any atom is 0.248 e. The molecule has 4 rings (SSSR count). The van der Waals surface area contributed by atoms with Gasteiger partial charge in [-0.25, -0.2) is 9.97 Å². The number of rotatable bonds is 10. The Kier molecular flexibility index (Phi) is 8.96. The van der Waals surface area contributed by atoms with E-state index in [1.807, 2.05) is 24.3 Å². The number of nitrogens with zero attached hydrogens (tertiary/aromatic N) is 3. The topological polar surface area (TPSA) is 88.6 Å². The van der Waals surface area contributed by atoms with Gasteiger partial charge in [-0.1, -0.05) is 37.4 Å². The predicted octanol–water partition coefficient (Wildman–Crippen LogP) is 5.01. The zero-order valence-corrected chi connectivity index (χ0v) is 21.7. The number of likely N-dealkylation sites (N-methyl/N-ethyl adjacent to an activating group) is 1. The molecule has 1 saturated heterocycles. The minimum atomic E-state index is -0.248. The molecule has 1 fully saturated rings. The van der Waals surface area contributed by atoms with Crippen LogP contribution in [0.3, 0.4) is 0 Å². The summed E-state index contributed by atoms with van der Waals surface area (Å²) < 4.78 is 11.7. The molecule has 9 heteroatoms. The van der Waals surface area contributed by atoms with Gasteiger partial charge < -0.3 is 25.0 Å². The second-order valence-corrected chi connectivity index (χ2v) is 8.94. The van der Waals surface area contributed by atoms with Gasteiger partial charge >= 0.3 is 0 Å². The van der Waals surface area contributed by atoms with E-state index in [4.69, 9.17) is 27.5 Å². The summed E-state index contributed by atoms with van der Waals surface area (Å²) in [5.74, 6) is 3.41. The van der Waals surface area contributed by atoms with Crippen molar-refractivity contribution in [2.45, 2.75) is 26.4 Å². The van der Waals surface area contributed by atoms with E-state index < -0.39 is 0 Å². The number of halogens is 1. The van der Waals surface area contributed by atoms with Crippen molar-refractivity contribution in [1.29, 1.82) is 0 Å². The average Bonchev–Trinajstić information content (AvgIpc) is 3.41. The lowest BCUT2D eigenvalue weighted by Crippen LogP contribution is -2.23. The highest BCUT2D eigenvalue weighted by molar-refractivity contribution is 6.31. The molecule has 8 nitrogen and oxygen atoms in total. The Morgan fingerprint density at radius 3 is 2.86 bits per heavy atom. The van der Waals surface area contributed by atoms with Gasteiger partial charge in [-0.05, 0) is 37.4 Å². The van der Waals surface area contributed by atoms with Gasteiger partial charge in [-0.2, -0.15) is 0 Å². The first-order chi connectivity index (χ1) is 18.0. The number of benzene rings is 2. The molecule has 0 bridgehead atoms. The Morgan fingerprint density at radius 2 is 2.14 bits per heavy atom. The molecule has 0 unspecified atom stereocenters. The van der Waals surface area contributed by atoms with E-state index in [-0.39, 0.29) is 12.0 Å². The SMILES string of the molecule is C#Cc1cc(Nc2ncnc3cc(O[C@H]4CCOC4)c(NC(=O)C=CCN(CC)CC)cc23)ccc1Cl. The number of nitrogens with one attached hydrogen (secondary N) is 2. The Balaban J connectivity index is 1.65. The van der Waals surface area contributed by atoms with Gasteiger partial charge in [0.2, 0.25) is 5.91 Å². The lowest BCUT2D eigenvalue weighted by Gasteiger charge is -2.18. The molecule has 0 aliphatic carbocycles.